The van der Waals surface area contributed by atoms with Crippen molar-refractivity contribution in [3.05, 3.63) is 76.0 Å². The molecule has 0 spiro atoms. The number of unbranched alkanes of at least 4 members (excludes halogenated alkanes) is 1. The van der Waals surface area contributed by atoms with Gasteiger partial charge in [-0.25, -0.2) is 9.59 Å². The zero-order valence-corrected chi connectivity index (χ0v) is 21.1. The first kappa shape index (κ1) is 29.5. The summed E-state index contributed by atoms with van der Waals surface area (Å²) < 4.78 is 84.1. The smallest absolute Gasteiger partial charge is 0.416 e. The Morgan fingerprint density at radius 2 is 1.64 bits per heavy atom. The van der Waals surface area contributed by atoms with Gasteiger partial charge in [0.15, 0.2) is 0 Å². The van der Waals surface area contributed by atoms with Crippen LogP contribution in [0.3, 0.4) is 0 Å². The Kier molecular flexibility index (Phi) is 8.61. The van der Waals surface area contributed by atoms with Crippen LogP contribution in [0.4, 0.5) is 36.8 Å². The molecule has 0 aromatic heterocycles. The number of esters is 1. The van der Waals surface area contributed by atoms with Gasteiger partial charge in [-0.1, -0.05) is 25.5 Å². The number of alkyl halides is 6. The molecule has 1 heterocycles. The molecule has 2 N–H and O–H groups in total. The Morgan fingerprint density at radius 3 is 2.18 bits per heavy atom. The summed E-state index contributed by atoms with van der Waals surface area (Å²) in [4.78, 5) is 39.6. The number of benzene rings is 2. The second-order valence-corrected chi connectivity index (χ2v) is 8.75. The number of halogens is 6. The van der Waals surface area contributed by atoms with Crippen LogP contribution < -0.4 is 10.6 Å². The highest BCUT2D eigenvalue weighted by Gasteiger charge is 2.38. The first-order valence-electron chi connectivity index (χ1n) is 11.7. The highest BCUT2D eigenvalue weighted by Crippen LogP contribution is 2.37. The van der Waals surface area contributed by atoms with Gasteiger partial charge in [-0.15, -0.1) is 0 Å². The molecule has 0 saturated heterocycles. The molecule has 39 heavy (non-hydrogen) atoms. The minimum absolute atomic E-state index is 0.00741. The summed E-state index contributed by atoms with van der Waals surface area (Å²) in [6, 6.07) is 4.77. The van der Waals surface area contributed by atoms with E-state index in [0.717, 1.165) is 6.42 Å². The average molecular weight is 557 g/mol. The fourth-order valence-electron chi connectivity index (χ4n) is 4.08. The minimum Gasteiger partial charge on any atom is -0.466 e. The molecule has 13 heteroatoms. The number of nitrogens with zero attached hydrogens (tertiary/aromatic N) is 1. The summed E-state index contributed by atoms with van der Waals surface area (Å²) in [5.41, 5.74) is -3.30. The summed E-state index contributed by atoms with van der Waals surface area (Å²) in [5, 5.41) is 5.00. The van der Waals surface area contributed by atoms with Crippen LogP contribution in [0.2, 0.25) is 0 Å². The van der Waals surface area contributed by atoms with Crippen molar-refractivity contribution in [2.75, 3.05) is 19.0 Å². The zero-order valence-electron chi connectivity index (χ0n) is 21.1. The molecule has 210 valence electrons. The summed E-state index contributed by atoms with van der Waals surface area (Å²) in [6.45, 7) is 3.88. The first-order valence-corrected chi connectivity index (χ1v) is 11.7. The quantitative estimate of drug-likeness (QED) is 0.310. The predicted octanol–water partition coefficient (Wildman–Crippen LogP) is 6.29. The van der Waals surface area contributed by atoms with Crippen molar-refractivity contribution in [1.82, 2.24) is 10.2 Å². The first-order chi connectivity index (χ1) is 18.2. The topological polar surface area (TPSA) is 87.7 Å². The second-order valence-electron chi connectivity index (χ2n) is 8.75. The van der Waals surface area contributed by atoms with Crippen molar-refractivity contribution in [1.29, 1.82) is 0 Å². The molecule has 2 aromatic rings. The molecule has 1 atom stereocenters. The van der Waals surface area contributed by atoms with Crippen molar-refractivity contribution >= 4 is 23.6 Å². The maximum atomic E-state index is 13.2. The number of allylic oxidation sites excluding steroid dienone is 1. The lowest BCUT2D eigenvalue weighted by Crippen LogP contribution is -2.48. The van der Waals surface area contributed by atoms with E-state index in [1.54, 1.807) is 6.92 Å². The van der Waals surface area contributed by atoms with Crippen molar-refractivity contribution in [2.45, 2.75) is 45.1 Å². The van der Waals surface area contributed by atoms with E-state index in [-0.39, 0.29) is 17.3 Å². The molecular weight excluding hydrogens is 532 g/mol. The second kappa shape index (κ2) is 11.4. The van der Waals surface area contributed by atoms with Gasteiger partial charge in [0.2, 0.25) is 0 Å². The number of hydrogen-bond donors (Lipinski definition) is 2. The van der Waals surface area contributed by atoms with Gasteiger partial charge in [0, 0.05) is 23.5 Å². The van der Waals surface area contributed by atoms with Crippen molar-refractivity contribution < 1.29 is 45.5 Å². The fraction of sp³-hybridized carbons (Fsp3) is 0.346. The number of amides is 3. The molecule has 1 aliphatic rings. The van der Waals surface area contributed by atoms with Crippen LogP contribution in [0, 0.1) is 0 Å². The van der Waals surface area contributed by atoms with Gasteiger partial charge < -0.3 is 15.4 Å². The molecule has 3 amide bonds. The summed E-state index contributed by atoms with van der Waals surface area (Å²) in [5.74, 6) is -1.93. The summed E-state index contributed by atoms with van der Waals surface area (Å²) in [6.07, 6.45) is -8.76. The van der Waals surface area contributed by atoms with Gasteiger partial charge in [0.25, 0.3) is 5.91 Å². The standard InChI is InChI=1S/C26H25F6N3O4/c1-4-5-9-35-14(2)20(23(37)39-3)21(34-24(35)38)15-7-6-8-19(12-15)33-22(36)16-10-17(25(27,28)29)13-18(11-16)26(30,31)32/h6-8,10-13,21H,4-5,9H2,1-3H3,(H,33,36)(H,34,38)/t21-/m1/s1. The van der Waals surface area contributed by atoms with E-state index in [9.17, 15) is 40.7 Å². The minimum atomic E-state index is -5.12. The highest BCUT2D eigenvalue weighted by atomic mass is 19.4. The molecule has 0 saturated carbocycles. The highest BCUT2D eigenvalue weighted by molar-refractivity contribution is 6.04. The van der Waals surface area contributed by atoms with Crippen molar-refractivity contribution in [3.8, 4) is 0 Å². The lowest BCUT2D eigenvalue weighted by atomic mass is 9.94. The third kappa shape index (κ3) is 6.70. The lowest BCUT2D eigenvalue weighted by Gasteiger charge is -2.35. The normalized spacial score (nSPS) is 16.2. The summed E-state index contributed by atoms with van der Waals surface area (Å²) in [7, 11) is 1.17. The van der Waals surface area contributed by atoms with E-state index in [0.29, 0.717) is 36.4 Å². The lowest BCUT2D eigenvalue weighted by molar-refractivity contribution is -0.143. The number of nitrogens with one attached hydrogen (secondary N) is 2. The maximum absolute atomic E-state index is 13.2. The number of carbonyl (C=O) groups excluding carboxylic acids is 3. The molecule has 0 unspecified atom stereocenters. The van der Waals surface area contributed by atoms with Gasteiger partial charge in [-0.2, -0.15) is 26.3 Å². The van der Waals surface area contributed by atoms with Crippen LogP contribution in [-0.2, 0) is 21.9 Å². The molecule has 1 aliphatic heterocycles. The zero-order chi connectivity index (χ0) is 29.1. The molecule has 0 radical (unpaired) electrons. The van der Waals surface area contributed by atoms with Crippen LogP contribution in [0.15, 0.2) is 53.7 Å². The van der Waals surface area contributed by atoms with E-state index in [1.165, 1.54) is 36.3 Å². The third-order valence-electron chi connectivity index (χ3n) is 6.06. The SMILES string of the molecule is CCCCN1C(=O)N[C@H](c2cccc(NC(=O)c3cc(C(F)(F)F)cc(C(F)(F)F)c3)c2)C(C(=O)OC)=C1C. The van der Waals surface area contributed by atoms with Gasteiger partial charge in [-0.3, -0.25) is 9.69 Å². The molecule has 0 bridgehead atoms. The van der Waals surface area contributed by atoms with Gasteiger partial charge >= 0.3 is 24.4 Å². The number of ether oxygens (including phenoxy) is 1. The van der Waals surface area contributed by atoms with Crippen molar-refractivity contribution in [2.24, 2.45) is 0 Å². The Labute approximate surface area is 219 Å². The Bertz CT molecular complexity index is 1270. The summed E-state index contributed by atoms with van der Waals surface area (Å²) >= 11 is 0. The van der Waals surface area contributed by atoms with Gasteiger partial charge in [0.05, 0.1) is 29.9 Å². The molecule has 2 aromatic carbocycles. The predicted molar refractivity (Wildman–Crippen MR) is 128 cm³/mol. The number of hydrogen-bond acceptors (Lipinski definition) is 4. The Morgan fingerprint density at radius 1 is 1.03 bits per heavy atom. The van der Waals surface area contributed by atoms with E-state index >= 15 is 0 Å². The third-order valence-corrected chi connectivity index (χ3v) is 6.06. The van der Waals surface area contributed by atoms with Crippen LogP contribution in [0.25, 0.3) is 0 Å². The van der Waals surface area contributed by atoms with Crippen LogP contribution in [-0.4, -0.2) is 36.5 Å². The van der Waals surface area contributed by atoms with E-state index in [2.05, 4.69) is 10.6 Å². The van der Waals surface area contributed by atoms with Crippen LogP contribution in [0.1, 0.15) is 59.8 Å². The van der Waals surface area contributed by atoms with Crippen molar-refractivity contribution in [3.63, 3.8) is 0 Å². The number of rotatable bonds is 7. The molecule has 3 rings (SSSR count). The average Bonchev–Trinajstić information content (AvgIpc) is 2.86. The van der Waals surface area contributed by atoms with E-state index < -0.39 is 53.0 Å². The fourth-order valence-corrected chi connectivity index (χ4v) is 4.08. The Hall–Kier alpha value is -4.03. The van der Waals surface area contributed by atoms with Crippen LogP contribution >= 0.6 is 0 Å². The van der Waals surface area contributed by atoms with E-state index in [4.69, 9.17) is 4.74 Å². The largest absolute Gasteiger partial charge is 0.466 e. The molecule has 7 nitrogen and oxygen atoms in total. The maximum Gasteiger partial charge on any atom is 0.416 e. The molecule has 0 fully saturated rings. The molecular formula is C26H25F6N3O4. The number of anilines is 1. The van der Waals surface area contributed by atoms with Gasteiger partial charge in [-0.05, 0) is 49.2 Å². The van der Waals surface area contributed by atoms with E-state index in [1.807, 2.05) is 6.92 Å². The van der Waals surface area contributed by atoms with Crippen LogP contribution in [0.5, 0.6) is 0 Å². The monoisotopic (exact) mass is 557 g/mol. The molecule has 0 aliphatic carbocycles. The Balaban J connectivity index is 1.97. The number of urea groups is 1. The number of carbonyl (C=O) groups is 3. The number of methoxy groups -OCH3 is 1. The van der Waals surface area contributed by atoms with Gasteiger partial charge in [0.1, 0.15) is 0 Å².